The van der Waals surface area contributed by atoms with E-state index in [4.69, 9.17) is 0 Å². The minimum absolute atomic E-state index is 0.278. The summed E-state index contributed by atoms with van der Waals surface area (Å²) >= 11 is 0. The van der Waals surface area contributed by atoms with Crippen LogP contribution in [0.15, 0.2) is 48.8 Å². The third-order valence-electron chi connectivity index (χ3n) is 4.53. The van der Waals surface area contributed by atoms with Crippen LogP contribution in [0.4, 0.5) is 11.4 Å². The van der Waals surface area contributed by atoms with E-state index in [0.717, 1.165) is 0 Å². The maximum atomic E-state index is 2.37. The number of nitrogens with zero attached hydrogens (tertiary/aromatic N) is 2. The van der Waals surface area contributed by atoms with Crippen molar-refractivity contribution in [3.05, 3.63) is 71.1 Å². The van der Waals surface area contributed by atoms with Crippen molar-refractivity contribution in [2.24, 2.45) is 0 Å². The lowest BCUT2D eigenvalue weighted by Gasteiger charge is -2.32. The first-order valence-electron chi connectivity index (χ1n) is 7.87. The molecule has 114 valence electrons. The van der Waals surface area contributed by atoms with Gasteiger partial charge in [-0.15, -0.1) is 0 Å². The highest BCUT2D eigenvalue weighted by Crippen LogP contribution is 2.34. The van der Waals surface area contributed by atoms with E-state index in [1.165, 1.54) is 33.6 Å². The lowest BCUT2D eigenvalue weighted by molar-refractivity contribution is 0.744. The van der Waals surface area contributed by atoms with Crippen LogP contribution in [0.1, 0.15) is 29.2 Å². The molecule has 2 aromatic rings. The van der Waals surface area contributed by atoms with Crippen LogP contribution in [0.5, 0.6) is 0 Å². The predicted octanol–water partition coefficient (Wildman–Crippen LogP) is 5.06. The Morgan fingerprint density at radius 1 is 0.773 bits per heavy atom. The Morgan fingerprint density at radius 3 is 2.09 bits per heavy atom. The predicted molar refractivity (Wildman–Crippen MR) is 95.4 cm³/mol. The van der Waals surface area contributed by atoms with Crippen molar-refractivity contribution in [3.8, 4) is 0 Å². The Hall–Kier alpha value is -2.22. The average molecular weight is 292 g/mol. The van der Waals surface area contributed by atoms with Crippen LogP contribution in [-0.4, -0.2) is 6.17 Å². The Kier molecular flexibility index (Phi) is 3.69. The molecule has 0 aliphatic carbocycles. The van der Waals surface area contributed by atoms with Crippen molar-refractivity contribution in [2.45, 2.75) is 40.8 Å². The molecule has 0 fully saturated rings. The summed E-state index contributed by atoms with van der Waals surface area (Å²) in [5, 5.41) is 0. The van der Waals surface area contributed by atoms with Crippen LogP contribution in [-0.2, 0) is 0 Å². The highest BCUT2D eigenvalue weighted by atomic mass is 15.4. The second-order valence-electron chi connectivity index (χ2n) is 6.27. The van der Waals surface area contributed by atoms with Crippen molar-refractivity contribution in [2.75, 3.05) is 9.80 Å². The highest BCUT2D eigenvalue weighted by molar-refractivity contribution is 5.68. The fourth-order valence-corrected chi connectivity index (χ4v) is 3.28. The zero-order valence-corrected chi connectivity index (χ0v) is 14.1. The SMILES string of the molecule is Cc1ccc(C)c(N2C=CN(c3c(C)cccc3C)[C@H]2C)c1. The molecule has 2 nitrogen and oxygen atoms in total. The highest BCUT2D eigenvalue weighted by Gasteiger charge is 2.26. The van der Waals surface area contributed by atoms with Crippen LogP contribution >= 0.6 is 0 Å². The van der Waals surface area contributed by atoms with Crippen LogP contribution in [0.3, 0.4) is 0 Å². The van der Waals surface area contributed by atoms with Gasteiger partial charge in [-0.25, -0.2) is 0 Å². The summed E-state index contributed by atoms with van der Waals surface area (Å²) in [6.45, 7) is 11.0. The Bertz CT molecular complexity index is 710. The van der Waals surface area contributed by atoms with Gasteiger partial charge in [0, 0.05) is 23.8 Å². The zero-order chi connectivity index (χ0) is 15.9. The van der Waals surface area contributed by atoms with Gasteiger partial charge in [0.1, 0.15) is 6.17 Å². The van der Waals surface area contributed by atoms with Crippen molar-refractivity contribution in [3.63, 3.8) is 0 Å². The van der Waals surface area contributed by atoms with E-state index >= 15 is 0 Å². The summed E-state index contributed by atoms with van der Waals surface area (Å²) in [7, 11) is 0. The van der Waals surface area contributed by atoms with E-state index in [9.17, 15) is 0 Å². The summed E-state index contributed by atoms with van der Waals surface area (Å²) in [5.74, 6) is 0. The number of benzene rings is 2. The van der Waals surface area contributed by atoms with Gasteiger partial charge in [0.2, 0.25) is 0 Å². The first-order valence-corrected chi connectivity index (χ1v) is 7.87. The van der Waals surface area contributed by atoms with Crippen LogP contribution in [0.2, 0.25) is 0 Å². The van der Waals surface area contributed by atoms with Gasteiger partial charge in [0.05, 0.1) is 0 Å². The number of hydrogen-bond donors (Lipinski definition) is 0. The summed E-state index contributed by atoms with van der Waals surface area (Å²) in [5.41, 5.74) is 7.85. The number of rotatable bonds is 2. The molecular formula is C20H24N2. The molecule has 0 aromatic heterocycles. The van der Waals surface area contributed by atoms with Gasteiger partial charge in [0.25, 0.3) is 0 Å². The summed E-state index contributed by atoms with van der Waals surface area (Å²) < 4.78 is 0. The molecule has 0 radical (unpaired) electrons. The summed E-state index contributed by atoms with van der Waals surface area (Å²) in [6, 6.07) is 13.1. The molecule has 1 atom stereocenters. The number of aryl methyl sites for hydroxylation is 4. The largest absolute Gasteiger partial charge is 0.325 e. The van der Waals surface area contributed by atoms with Crippen LogP contribution in [0, 0.1) is 27.7 Å². The molecule has 0 N–H and O–H groups in total. The normalized spacial score (nSPS) is 17.4. The molecule has 1 aliphatic heterocycles. The monoisotopic (exact) mass is 292 g/mol. The molecule has 2 heteroatoms. The minimum atomic E-state index is 0.278. The summed E-state index contributed by atoms with van der Waals surface area (Å²) in [6.07, 6.45) is 4.67. The lowest BCUT2D eigenvalue weighted by Crippen LogP contribution is -2.37. The molecule has 0 saturated heterocycles. The van der Waals surface area contributed by atoms with Gasteiger partial charge in [-0.3, -0.25) is 0 Å². The van der Waals surface area contributed by atoms with E-state index in [2.05, 4.69) is 93.2 Å². The van der Waals surface area contributed by atoms with E-state index in [-0.39, 0.29) is 6.17 Å². The number of anilines is 2. The van der Waals surface area contributed by atoms with E-state index in [0.29, 0.717) is 0 Å². The van der Waals surface area contributed by atoms with Crippen molar-refractivity contribution >= 4 is 11.4 Å². The zero-order valence-electron chi connectivity index (χ0n) is 14.1. The van der Waals surface area contributed by atoms with Gasteiger partial charge in [0.15, 0.2) is 0 Å². The molecule has 0 bridgehead atoms. The molecule has 0 spiro atoms. The van der Waals surface area contributed by atoms with Gasteiger partial charge in [-0.2, -0.15) is 0 Å². The Balaban J connectivity index is 1.98. The topological polar surface area (TPSA) is 6.48 Å². The molecule has 0 amide bonds. The third kappa shape index (κ3) is 2.39. The molecule has 1 heterocycles. The quantitative estimate of drug-likeness (QED) is 0.763. The molecule has 1 aliphatic rings. The first-order chi connectivity index (χ1) is 10.5. The second kappa shape index (κ2) is 5.53. The fraction of sp³-hybridized carbons (Fsp3) is 0.300. The van der Waals surface area contributed by atoms with Crippen molar-refractivity contribution < 1.29 is 0 Å². The molecule has 0 saturated carbocycles. The molecule has 0 unspecified atom stereocenters. The summed E-state index contributed by atoms with van der Waals surface area (Å²) in [4.78, 5) is 4.72. The van der Waals surface area contributed by atoms with Gasteiger partial charge < -0.3 is 9.80 Å². The lowest BCUT2D eigenvalue weighted by atomic mass is 10.1. The molecule has 3 rings (SSSR count). The first kappa shape index (κ1) is 14.7. The number of hydrogen-bond acceptors (Lipinski definition) is 2. The van der Waals surface area contributed by atoms with Crippen LogP contribution < -0.4 is 9.80 Å². The Labute approximate surface area is 133 Å². The smallest absolute Gasteiger partial charge is 0.107 e. The second-order valence-corrected chi connectivity index (χ2v) is 6.27. The fourth-order valence-electron chi connectivity index (χ4n) is 3.28. The maximum absolute atomic E-state index is 2.37. The van der Waals surface area contributed by atoms with Gasteiger partial charge >= 0.3 is 0 Å². The number of para-hydroxylation sites is 1. The van der Waals surface area contributed by atoms with E-state index in [1.807, 2.05) is 0 Å². The van der Waals surface area contributed by atoms with Gasteiger partial charge in [-0.1, -0.05) is 30.3 Å². The minimum Gasteiger partial charge on any atom is -0.325 e. The van der Waals surface area contributed by atoms with E-state index < -0.39 is 0 Å². The van der Waals surface area contributed by atoms with E-state index in [1.54, 1.807) is 0 Å². The Morgan fingerprint density at radius 2 is 1.41 bits per heavy atom. The third-order valence-corrected chi connectivity index (χ3v) is 4.53. The standard InChI is InChI=1S/C20H24N2/c1-14-9-10-15(2)19(13-14)21-11-12-22(18(21)5)20-16(3)7-6-8-17(20)4/h6-13,18H,1-5H3/t18-/m0/s1. The average Bonchev–Trinajstić information content (AvgIpc) is 2.83. The van der Waals surface area contributed by atoms with Gasteiger partial charge in [-0.05, 0) is 62.9 Å². The van der Waals surface area contributed by atoms with Crippen molar-refractivity contribution in [1.29, 1.82) is 0 Å². The van der Waals surface area contributed by atoms with Crippen LogP contribution in [0.25, 0.3) is 0 Å². The molecule has 2 aromatic carbocycles. The maximum Gasteiger partial charge on any atom is 0.107 e. The van der Waals surface area contributed by atoms with Crippen molar-refractivity contribution in [1.82, 2.24) is 0 Å². The molecule has 22 heavy (non-hydrogen) atoms. The molecular weight excluding hydrogens is 268 g/mol.